The Bertz CT molecular complexity index is 1270. The van der Waals surface area contributed by atoms with Gasteiger partial charge in [-0.05, 0) is 66.9 Å². The van der Waals surface area contributed by atoms with Gasteiger partial charge in [0.25, 0.3) is 5.91 Å². The van der Waals surface area contributed by atoms with Crippen molar-refractivity contribution in [2.75, 3.05) is 5.32 Å². The standard InChI is InChI=1S/C26H24ClN3O3/c1-18-9-10-19(2)25(11-18)32-16-20-5-3-6-21(12-20)26(31)29-23-14-28-30(15-23)17-33-24-8-4-7-22(27)13-24/h3-15H,16-17H2,1-2H3,(H,29,31). The number of anilines is 1. The number of aryl methyl sites for hydroxylation is 2. The van der Waals surface area contributed by atoms with Crippen molar-refractivity contribution in [3.8, 4) is 11.5 Å². The molecule has 4 rings (SSSR count). The number of ether oxygens (including phenoxy) is 2. The molecule has 0 aliphatic rings. The molecule has 0 radical (unpaired) electrons. The lowest BCUT2D eigenvalue weighted by atomic mass is 10.1. The third kappa shape index (κ3) is 6.14. The number of carbonyl (C=O) groups is 1. The molecule has 0 bridgehead atoms. The average Bonchev–Trinajstić information content (AvgIpc) is 3.26. The van der Waals surface area contributed by atoms with Gasteiger partial charge < -0.3 is 14.8 Å². The molecular formula is C26H24ClN3O3. The molecule has 0 spiro atoms. The first-order valence-corrected chi connectivity index (χ1v) is 10.9. The molecule has 1 aromatic heterocycles. The molecule has 33 heavy (non-hydrogen) atoms. The van der Waals surface area contributed by atoms with Crippen LogP contribution in [0, 0.1) is 13.8 Å². The minimum atomic E-state index is -0.223. The fourth-order valence-corrected chi connectivity index (χ4v) is 3.41. The molecule has 4 aromatic rings. The van der Waals surface area contributed by atoms with E-state index >= 15 is 0 Å². The summed E-state index contributed by atoms with van der Waals surface area (Å²) in [5.74, 6) is 1.26. The quantitative estimate of drug-likeness (QED) is 0.348. The first kappa shape index (κ1) is 22.4. The summed E-state index contributed by atoms with van der Waals surface area (Å²) in [6.45, 7) is 4.62. The highest BCUT2D eigenvalue weighted by Gasteiger charge is 2.10. The smallest absolute Gasteiger partial charge is 0.255 e. The molecule has 3 aromatic carbocycles. The fraction of sp³-hybridized carbons (Fsp3) is 0.154. The minimum Gasteiger partial charge on any atom is -0.489 e. The van der Waals surface area contributed by atoms with Crippen molar-refractivity contribution in [3.05, 3.63) is 106 Å². The van der Waals surface area contributed by atoms with Gasteiger partial charge in [0.05, 0.1) is 18.1 Å². The summed E-state index contributed by atoms with van der Waals surface area (Å²) in [5, 5.41) is 7.68. The summed E-state index contributed by atoms with van der Waals surface area (Å²) in [7, 11) is 0. The van der Waals surface area contributed by atoms with Crippen molar-refractivity contribution in [1.29, 1.82) is 0 Å². The van der Waals surface area contributed by atoms with Crippen LogP contribution < -0.4 is 14.8 Å². The van der Waals surface area contributed by atoms with E-state index in [1.807, 2.05) is 56.3 Å². The molecule has 1 heterocycles. The Labute approximate surface area is 197 Å². The number of hydrogen-bond donors (Lipinski definition) is 1. The molecule has 0 unspecified atom stereocenters. The van der Waals surface area contributed by atoms with Crippen molar-refractivity contribution < 1.29 is 14.3 Å². The van der Waals surface area contributed by atoms with E-state index in [4.69, 9.17) is 21.1 Å². The van der Waals surface area contributed by atoms with E-state index in [1.54, 1.807) is 35.3 Å². The molecular weight excluding hydrogens is 438 g/mol. The largest absolute Gasteiger partial charge is 0.489 e. The van der Waals surface area contributed by atoms with E-state index in [2.05, 4.69) is 16.5 Å². The number of aromatic nitrogens is 2. The first-order valence-electron chi connectivity index (χ1n) is 10.5. The van der Waals surface area contributed by atoms with Gasteiger partial charge in [-0.2, -0.15) is 5.10 Å². The number of halogens is 1. The van der Waals surface area contributed by atoms with E-state index in [-0.39, 0.29) is 12.6 Å². The lowest BCUT2D eigenvalue weighted by molar-refractivity contribution is 0.102. The van der Waals surface area contributed by atoms with Gasteiger partial charge in [-0.25, -0.2) is 4.68 Å². The summed E-state index contributed by atoms with van der Waals surface area (Å²) in [5.41, 5.74) is 4.24. The normalized spacial score (nSPS) is 10.6. The fourth-order valence-electron chi connectivity index (χ4n) is 3.23. The zero-order valence-corrected chi connectivity index (χ0v) is 19.2. The van der Waals surface area contributed by atoms with Crippen molar-refractivity contribution in [3.63, 3.8) is 0 Å². The van der Waals surface area contributed by atoms with Gasteiger partial charge >= 0.3 is 0 Å². The molecule has 0 saturated heterocycles. The minimum absolute atomic E-state index is 0.196. The summed E-state index contributed by atoms with van der Waals surface area (Å²) < 4.78 is 13.2. The third-order valence-corrected chi connectivity index (χ3v) is 5.21. The van der Waals surface area contributed by atoms with Gasteiger partial charge in [0.1, 0.15) is 18.1 Å². The zero-order valence-electron chi connectivity index (χ0n) is 18.4. The number of carbonyl (C=O) groups excluding carboxylic acids is 1. The highest BCUT2D eigenvalue weighted by molar-refractivity contribution is 6.30. The van der Waals surface area contributed by atoms with Crippen LogP contribution in [0.4, 0.5) is 5.69 Å². The highest BCUT2D eigenvalue weighted by atomic mass is 35.5. The summed E-state index contributed by atoms with van der Waals surface area (Å²) in [6.07, 6.45) is 3.28. The molecule has 168 valence electrons. The zero-order chi connectivity index (χ0) is 23.2. The molecule has 0 saturated carbocycles. The van der Waals surface area contributed by atoms with Crippen LogP contribution in [-0.4, -0.2) is 15.7 Å². The first-order chi connectivity index (χ1) is 16.0. The van der Waals surface area contributed by atoms with Crippen molar-refractivity contribution in [2.45, 2.75) is 27.2 Å². The average molecular weight is 462 g/mol. The van der Waals surface area contributed by atoms with Gasteiger partial charge in [0, 0.05) is 10.6 Å². The van der Waals surface area contributed by atoms with Crippen LogP contribution in [0.15, 0.2) is 79.1 Å². The van der Waals surface area contributed by atoms with Crippen LogP contribution in [0.3, 0.4) is 0 Å². The van der Waals surface area contributed by atoms with E-state index < -0.39 is 0 Å². The van der Waals surface area contributed by atoms with Gasteiger partial charge in [-0.15, -0.1) is 0 Å². The monoisotopic (exact) mass is 461 g/mol. The molecule has 1 amide bonds. The Morgan fingerprint density at radius 3 is 2.73 bits per heavy atom. The summed E-state index contributed by atoms with van der Waals surface area (Å²) in [4.78, 5) is 12.7. The summed E-state index contributed by atoms with van der Waals surface area (Å²) >= 11 is 5.96. The van der Waals surface area contributed by atoms with Gasteiger partial charge in [0.2, 0.25) is 0 Å². The van der Waals surface area contributed by atoms with E-state index in [0.29, 0.717) is 28.6 Å². The molecule has 1 N–H and O–H groups in total. The molecule has 6 nitrogen and oxygen atoms in total. The van der Waals surface area contributed by atoms with E-state index in [9.17, 15) is 4.79 Å². The Morgan fingerprint density at radius 2 is 1.88 bits per heavy atom. The number of hydrogen-bond acceptors (Lipinski definition) is 4. The molecule has 0 fully saturated rings. The van der Waals surface area contributed by atoms with Gasteiger partial charge in [-0.3, -0.25) is 4.79 Å². The second-order valence-electron chi connectivity index (χ2n) is 7.71. The lowest BCUT2D eigenvalue weighted by Gasteiger charge is -2.11. The van der Waals surface area contributed by atoms with Crippen LogP contribution in [0.2, 0.25) is 5.02 Å². The Balaban J connectivity index is 1.34. The topological polar surface area (TPSA) is 65.4 Å². The van der Waals surface area contributed by atoms with E-state index in [0.717, 1.165) is 22.4 Å². The maximum absolute atomic E-state index is 12.7. The Kier molecular flexibility index (Phi) is 6.95. The predicted molar refractivity (Wildman–Crippen MR) is 129 cm³/mol. The summed E-state index contributed by atoms with van der Waals surface area (Å²) in [6, 6.07) is 20.6. The van der Waals surface area contributed by atoms with Crippen LogP contribution in [0.5, 0.6) is 11.5 Å². The van der Waals surface area contributed by atoms with E-state index in [1.165, 1.54) is 0 Å². The second-order valence-corrected chi connectivity index (χ2v) is 8.15. The maximum Gasteiger partial charge on any atom is 0.255 e. The van der Waals surface area contributed by atoms with Gasteiger partial charge in [0.15, 0.2) is 6.73 Å². The Morgan fingerprint density at radius 1 is 1.03 bits per heavy atom. The maximum atomic E-state index is 12.7. The molecule has 0 aliphatic heterocycles. The van der Waals surface area contributed by atoms with Crippen LogP contribution in [0.25, 0.3) is 0 Å². The predicted octanol–water partition coefficient (Wildman–Crippen LogP) is 6.02. The van der Waals surface area contributed by atoms with Gasteiger partial charge in [-0.1, -0.05) is 41.9 Å². The molecule has 7 heteroatoms. The number of rotatable bonds is 8. The van der Waals surface area contributed by atoms with Crippen LogP contribution >= 0.6 is 11.6 Å². The number of benzene rings is 3. The van der Waals surface area contributed by atoms with Crippen molar-refractivity contribution >= 4 is 23.2 Å². The van der Waals surface area contributed by atoms with Crippen molar-refractivity contribution in [2.24, 2.45) is 0 Å². The van der Waals surface area contributed by atoms with Crippen LogP contribution in [0.1, 0.15) is 27.0 Å². The highest BCUT2D eigenvalue weighted by Crippen LogP contribution is 2.21. The number of nitrogens with zero attached hydrogens (tertiary/aromatic N) is 2. The second kappa shape index (κ2) is 10.2. The molecule has 0 atom stereocenters. The lowest BCUT2D eigenvalue weighted by Crippen LogP contribution is -2.12. The van der Waals surface area contributed by atoms with Crippen LogP contribution in [-0.2, 0) is 13.3 Å². The SMILES string of the molecule is Cc1ccc(C)c(OCc2cccc(C(=O)Nc3cnn(COc4cccc(Cl)c4)c3)c2)c1. The van der Waals surface area contributed by atoms with Crippen molar-refractivity contribution in [1.82, 2.24) is 9.78 Å². The molecule has 0 aliphatic carbocycles. The number of nitrogens with one attached hydrogen (secondary N) is 1. The third-order valence-electron chi connectivity index (χ3n) is 4.98. The number of amides is 1. The Hall–Kier alpha value is -3.77.